The Balaban J connectivity index is 1.93. The fourth-order valence-electron chi connectivity index (χ4n) is 2.54. The second kappa shape index (κ2) is 5.97. The lowest BCUT2D eigenvalue weighted by atomic mass is 9.99. The van der Waals surface area contributed by atoms with Gasteiger partial charge in [-0.2, -0.15) is 0 Å². The number of anilines is 1. The summed E-state index contributed by atoms with van der Waals surface area (Å²) in [5, 5.41) is 7.12. The van der Waals surface area contributed by atoms with Crippen LogP contribution >= 0.6 is 23.2 Å². The zero-order chi connectivity index (χ0) is 14.8. The molecule has 3 heteroatoms. The van der Waals surface area contributed by atoms with Crippen molar-refractivity contribution in [1.29, 1.82) is 0 Å². The van der Waals surface area contributed by atoms with Gasteiger partial charge in [-0.15, -0.1) is 0 Å². The molecule has 1 nitrogen and oxygen atoms in total. The first kappa shape index (κ1) is 14.2. The first-order valence-electron chi connectivity index (χ1n) is 6.84. The Kier molecular flexibility index (Phi) is 4.05. The van der Waals surface area contributed by atoms with E-state index in [0.29, 0.717) is 10.0 Å². The van der Waals surface area contributed by atoms with Crippen LogP contribution in [0.5, 0.6) is 0 Å². The van der Waals surface area contributed by atoms with Gasteiger partial charge in [0.2, 0.25) is 0 Å². The number of hydrogen-bond acceptors (Lipinski definition) is 1. The maximum atomic E-state index is 6.07. The molecule has 21 heavy (non-hydrogen) atoms. The summed E-state index contributed by atoms with van der Waals surface area (Å²) in [4.78, 5) is 0. The fourth-order valence-corrected chi connectivity index (χ4v) is 2.84. The summed E-state index contributed by atoms with van der Waals surface area (Å²) in [6.45, 7) is 2.14. The number of hydrogen-bond donors (Lipinski definition) is 1. The lowest BCUT2D eigenvalue weighted by Crippen LogP contribution is -2.07. The molecular weight excluding hydrogens is 301 g/mol. The highest BCUT2D eigenvalue weighted by molar-refractivity contribution is 6.42. The molecule has 0 saturated carbocycles. The van der Waals surface area contributed by atoms with Gasteiger partial charge in [-0.05, 0) is 41.5 Å². The summed E-state index contributed by atoms with van der Waals surface area (Å²) >= 11 is 12.0. The predicted molar refractivity (Wildman–Crippen MR) is 92.4 cm³/mol. The van der Waals surface area contributed by atoms with Crippen molar-refractivity contribution in [2.75, 3.05) is 5.32 Å². The van der Waals surface area contributed by atoms with Crippen LogP contribution in [0.4, 0.5) is 5.69 Å². The molecule has 0 fully saturated rings. The molecule has 3 aromatic carbocycles. The van der Waals surface area contributed by atoms with Gasteiger partial charge in [0, 0.05) is 11.7 Å². The van der Waals surface area contributed by atoms with E-state index >= 15 is 0 Å². The molecule has 0 spiro atoms. The first-order valence-corrected chi connectivity index (χ1v) is 7.60. The molecule has 1 atom stereocenters. The Morgan fingerprint density at radius 1 is 0.857 bits per heavy atom. The van der Waals surface area contributed by atoms with Crippen LogP contribution in [0.3, 0.4) is 0 Å². The van der Waals surface area contributed by atoms with Gasteiger partial charge in [0.25, 0.3) is 0 Å². The highest BCUT2D eigenvalue weighted by atomic mass is 35.5. The normalized spacial score (nSPS) is 12.3. The van der Waals surface area contributed by atoms with Crippen molar-refractivity contribution in [1.82, 2.24) is 0 Å². The molecule has 0 amide bonds. The third-order valence-electron chi connectivity index (χ3n) is 3.59. The van der Waals surface area contributed by atoms with Crippen LogP contribution in [0.15, 0.2) is 60.7 Å². The Hall–Kier alpha value is -1.70. The highest BCUT2D eigenvalue weighted by Crippen LogP contribution is 2.29. The van der Waals surface area contributed by atoms with Crippen molar-refractivity contribution in [3.63, 3.8) is 0 Å². The molecule has 0 saturated heterocycles. The molecule has 106 valence electrons. The topological polar surface area (TPSA) is 12.0 Å². The average molecular weight is 316 g/mol. The summed E-state index contributed by atoms with van der Waals surface area (Å²) in [7, 11) is 0. The van der Waals surface area contributed by atoms with Crippen LogP contribution in [0.2, 0.25) is 10.0 Å². The second-order valence-corrected chi connectivity index (χ2v) is 5.88. The van der Waals surface area contributed by atoms with Crippen molar-refractivity contribution in [3.8, 4) is 0 Å². The molecule has 0 heterocycles. The van der Waals surface area contributed by atoms with Gasteiger partial charge < -0.3 is 5.32 Å². The molecule has 0 bridgehead atoms. The standard InChI is InChI=1S/C18H15Cl2N/c1-12(21-14-9-10-17(19)18(20)11-14)15-8-4-6-13-5-2-3-7-16(13)15/h2-12,21H,1H3. The number of nitrogens with one attached hydrogen (secondary N) is 1. The molecule has 3 aromatic rings. The van der Waals surface area contributed by atoms with Crippen LogP contribution in [0.1, 0.15) is 18.5 Å². The Labute approximate surface area is 134 Å². The van der Waals surface area contributed by atoms with Gasteiger partial charge in [0.15, 0.2) is 0 Å². The minimum atomic E-state index is 0.174. The number of halogens is 2. The zero-order valence-corrected chi connectivity index (χ0v) is 13.1. The van der Waals surface area contributed by atoms with E-state index in [1.807, 2.05) is 18.2 Å². The second-order valence-electron chi connectivity index (χ2n) is 5.06. The SMILES string of the molecule is CC(Nc1ccc(Cl)c(Cl)c1)c1cccc2ccccc12. The Morgan fingerprint density at radius 3 is 2.43 bits per heavy atom. The lowest BCUT2D eigenvalue weighted by Gasteiger charge is -2.18. The maximum absolute atomic E-state index is 6.07. The van der Waals surface area contributed by atoms with Crippen LogP contribution < -0.4 is 5.32 Å². The van der Waals surface area contributed by atoms with Crippen LogP contribution in [-0.4, -0.2) is 0 Å². The highest BCUT2D eigenvalue weighted by Gasteiger charge is 2.09. The van der Waals surface area contributed by atoms with Gasteiger partial charge in [0.05, 0.1) is 10.0 Å². The van der Waals surface area contributed by atoms with Gasteiger partial charge in [0.1, 0.15) is 0 Å². The third-order valence-corrected chi connectivity index (χ3v) is 4.33. The van der Waals surface area contributed by atoms with E-state index < -0.39 is 0 Å². The molecule has 0 aliphatic heterocycles. The number of fused-ring (bicyclic) bond motifs is 1. The van der Waals surface area contributed by atoms with Crippen molar-refractivity contribution in [2.45, 2.75) is 13.0 Å². The van der Waals surface area contributed by atoms with E-state index in [9.17, 15) is 0 Å². The fraction of sp³-hybridized carbons (Fsp3) is 0.111. The first-order chi connectivity index (χ1) is 10.1. The smallest absolute Gasteiger partial charge is 0.0612 e. The lowest BCUT2D eigenvalue weighted by molar-refractivity contribution is 0.895. The summed E-state index contributed by atoms with van der Waals surface area (Å²) in [6, 6.07) is 20.5. The molecule has 0 aliphatic carbocycles. The summed E-state index contributed by atoms with van der Waals surface area (Å²) in [6.07, 6.45) is 0. The van der Waals surface area contributed by atoms with Crippen molar-refractivity contribution in [3.05, 3.63) is 76.3 Å². The van der Waals surface area contributed by atoms with E-state index in [2.05, 4.69) is 54.7 Å². The third kappa shape index (κ3) is 2.99. The average Bonchev–Trinajstić information content (AvgIpc) is 2.50. The van der Waals surface area contributed by atoms with Crippen LogP contribution in [0, 0.1) is 0 Å². The number of rotatable bonds is 3. The molecular formula is C18H15Cl2N. The van der Waals surface area contributed by atoms with Crippen LogP contribution in [-0.2, 0) is 0 Å². The molecule has 1 unspecified atom stereocenters. The quantitative estimate of drug-likeness (QED) is 0.596. The number of benzene rings is 3. The maximum Gasteiger partial charge on any atom is 0.0612 e. The van der Waals surface area contributed by atoms with Gasteiger partial charge in [-0.25, -0.2) is 0 Å². The van der Waals surface area contributed by atoms with Crippen LogP contribution in [0.25, 0.3) is 10.8 Å². The summed E-state index contributed by atoms with van der Waals surface area (Å²) in [5.74, 6) is 0. The van der Waals surface area contributed by atoms with E-state index in [1.165, 1.54) is 16.3 Å². The van der Waals surface area contributed by atoms with E-state index in [4.69, 9.17) is 23.2 Å². The van der Waals surface area contributed by atoms with Crippen molar-refractivity contribution >= 4 is 39.7 Å². The largest absolute Gasteiger partial charge is 0.378 e. The summed E-state index contributed by atoms with van der Waals surface area (Å²) < 4.78 is 0. The molecule has 3 rings (SSSR count). The van der Waals surface area contributed by atoms with E-state index in [0.717, 1.165) is 5.69 Å². The van der Waals surface area contributed by atoms with Gasteiger partial charge in [-0.1, -0.05) is 65.7 Å². The molecule has 1 N–H and O–H groups in total. The van der Waals surface area contributed by atoms with Crippen molar-refractivity contribution < 1.29 is 0 Å². The van der Waals surface area contributed by atoms with E-state index in [-0.39, 0.29) is 6.04 Å². The minimum absolute atomic E-state index is 0.174. The zero-order valence-electron chi connectivity index (χ0n) is 11.6. The van der Waals surface area contributed by atoms with Crippen molar-refractivity contribution in [2.24, 2.45) is 0 Å². The Bertz CT molecular complexity index is 778. The van der Waals surface area contributed by atoms with Gasteiger partial charge in [-0.3, -0.25) is 0 Å². The molecule has 0 aromatic heterocycles. The monoisotopic (exact) mass is 315 g/mol. The minimum Gasteiger partial charge on any atom is -0.378 e. The molecule has 0 aliphatic rings. The van der Waals surface area contributed by atoms with E-state index in [1.54, 1.807) is 0 Å². The molecule has 0 radical (unpaired) electrons. The predicted octanol–water partition coefficient (Wildman–Crippen LogP) is 6.32. The summed E-state index contributed by atoms with van der Waals surface area (Å²) in [5.41, 5.74) is 2.23. The van der Waals surface area contributed by atoms with Gasteiger partial charge >= 0.3 is 0 Å². The Morgan fingerprint density at radius 2 is 1.62 bits per heavy atom.